The van der Waals surface area contributed by atoms with E-state index in [1.54, 1.807) is 12.1 Å². The van der Waals surface area contributed by atoms with Crippen molar-refractivity contribution in [3.05, 3.63) is 71.0 Å². The first-order valence-electron chi connectivity index (χ1n) is 10.2. The summed E-state index contributed by atoms with van der Waals surface area (Å²) in [5.41, 5.74) is 0.675. The smallest absolute Gasteiger partial charge is 0.379 e. The molecule has 1 aliphatic heterocycles. The Hall–Kier alpha value is -2.83. The lowest BCUT2D eigenvalue weighted by Gasteiger charge is -2.34. The summed E-state index contributed by atoms with van der Waals surface area (Å²) in [7, 11) is -3.77. The third kappa shape index (κ3) is 5.23. The third-order valence-corrected chi connectivity index (χ3v) is 7.02. The van der Waals surface area contributed by atoms with Crippen molar-refractivity contribution in [2.45, 2.75) is 29.9 Å². The van der Waals surface area contributed by atoms with E-state index in [4.69, 9.17) is 4.74 Å². The van der Waals surface area contributed by atoms with E-state index in [0.717, 1.165) is 17.7 Å². The maximum atomic E-state index is 13.1. The number of aromatic nitrogens is 4. The Morgan fingerprint density at radius 3 is 2.27 bits per heavy atom. The summed E-state index contributed by atoms with van der Waals surface area (Å²) in [6.07, 6.45) is -4.46. The SMILES string of the molecule is Cc1ccc(S(=O)(=O)Cn2nnnc2[C@H](c2ccc(C(F)(F)F)cc2)N2CCOCC2)cc1. The molecule has 1 fully saturated rings. The maximum absolute atomic E-state index is 13.1. The van der Waals surface area contributed by atoms with Crippen molar-refractivity contribution < 1.29 is 26.3 Å². The van der Waals surface area contributed by atoms with Crippen molar-refractivity contribution in [3.8, 4) is 0 Å². The summed E-state index contributed by atoms with van der Waals surface area (Å²) in [5, 5.41) is 11.6. The van der Waals surface area contributed by atoms with Crippen LogP contribution in [0.2, 0.25) is 0 Å². The summed E-state index contributed by atoms with van der Waals surface area (Å²) < 4.78 is 71.7. The Morgan fingerprint density at radius 1 is 1.03 bits per heavy atom. The van der Waals surface area contributed by atoms with Crippen LogP contribution in [0.1, 0.15) is 28.6 Å². The first-order chi connectivity index (χ1) is 15.6. The van der Waals surface area contributed by atoms with E-state index >= 15 is 0 Å². The lowest BCUT2D eigenvalue weighted by molar-refractivity contribution is -0.137. The van der Waals surface area contributed by atoms with Gasteiger partial charge >= 0.3 is 6.18 Å². The molecular weight excluding hydrogens is 459 g/mol. The van der Waals surface area contributed by atoms with Crippen LogP contribution in [0.15, 0.2) is 53.4 Å². The number of ether oxygens (including phenoxy) is 1. The normalized spacial score (nSPS) is 16.6. The molecule has 176 valence electrons. The van der Waals surface area contributed by atoms with Gasteiger partial charge in [-0.3, -0.25) is 4.90 Å². The minimum atomic E-state index is -4.46. The summed E-state index contributed by atoms with van der Waals surface area (Å²) in [6.45, 7) is 3.69. The van der Waals surface area contributed by atoms with E-state index < -0.39 is 33.5 Å². The van der Waals surface area contributed by atoms with Crippen LogP contribution in [0.5, 0.6) is 0 Å². The van der Waals surface area contributed by atoms with Gasteiger partial charge in [0.25, 0.3) is 0 Å². The van der Waals surface area contributed by atoms with Crippen LogP contribution in [0.25, 0.3) is 0 Å². The van der Waals surface area contributed by atoms with Crippen LogP contribution in [0.3, 0.4) is 0 Å². The number of benzene rings is 2. The van der Waals surface area contributed by atoms with Gasteiger partial charge < -0.3 is 4.74 Å². The van der Waals surface area contributed by atoms with Gasteiger partial charge in [0.05, 0.1) is 29.7 Å². The number of hydrogen-bond donors (Lipinski definition) is 0. The second-order valence-corrected chi connectivity index (χ2v) is 9.72. The van der Waals surface area contributed by atoms with E-state index in [0.29, 0.717) is 31.9 Å². The molecule has 0 saturated carbocycles. The maximum Gasteiger partial charge on any atom is 0.416 e. The molecule has 0 spiro atoms. The molecule has 1 aliphatic rings. The van der Waals surface area contributed by atoms with Crippen molar-refractivity contribution in [2.75, 3.05) is 26.3 Å². The van der Waals surface area contributed by atoms with Gasteiger partial charge in [-0.15, -0.1) is 5.10 Å². The molecule has 12 heteroatoms. The average molecular weight is 482 g/mol. The average Bonchev–Trinajstić information content (AvgIpc) is 3.21. The first-order valence-corrected chi connectivity index (χ1v) is 11.8. The van der Waals surface area contributed by atoms with Gasteiger partial charge in [-0.25, -0.2) is 13.1 Å². The van der Waals surface area contributed by atoms with Crippen molar-refractivity contribution in [1.82, 2.24) is 25.1 Å². The lowest BCUT2D eigenvalue weighted by atomic mass is 10.0. The Morgan fingerprint density at radius 2 is 1.67 bits per heavy atom. The summed E-state index contributed by atoms with van der Waals surface area (Å²) in [4.78, 5) is 2.10. The molecule has 2 heterocycles. The van der Waals surface area contributed by atoms with Crippen LogP contribution in [-0.2, 0) is 26.6 Å². The predicted octanol–water partition coefficient (Wildman–Crippen LogP) is 2.85. The van der Waals surface area contributed by atoms with E-state index in [1.165, 1.54) is 28.9 Å². The highest BCUT2D eigenvalue weighted by atomic mass is 32.2. The molecule has 3 aromatic rings. The van der Waals surface area contributed by atoms with Gasteiger partial charge in [-0.1, -0.05) is 29.8 Å². The number of hydrogen-bond acceptors (Lipinski definition) is 7. The number of morpholine rings is 1. The van der Waals surface area contributed by atoms with Gasteiger partial charge in [-0.2, -0.15) is 13.2 Å². The molecule has 8 nitrogen and oxygen atoms in total. The number of halogens is 3. The van der Waals surface area contributed by atoms with Crippen LogP contribution < -0.4 is 0 Å². The molecule has 1 atom stereocenters. The molecule has 0 N–H and O–H groups in total. The zero-order valence-corrected chi connectivity index (χ0v) is 18.6. The Bertz CT molecular complexity index is 1190. The van der Waals surface area contributed by atoms with Crippen LogP contribution in [0.4, 0.5) is 13.2 Å². The molecule has 4 rings (SSSR count). The third-order valence-electron chi connectivity index (χ3n) is 5.44. The second-order valence-electron chi connectivity index (χ2n) is 7.76. The molecule has 33 heavy (non-hydrogen) atoms. The number of nitrogens with zero attached hydrogens (tertiary/aromatic N) is 5. The quantitative estimate of drug-likeness (QED) is 0.535. The Kier molecular flexibility index (Phi) is 6.50. The highest BCUT2D eigenvalue weighted by Gasteiger charge is 2.33. The number of sulfone groups is 1. The zero-order chi connectivity index (χ0) is 23.6. The standard InChI is InChI=1S/C21H22F3N5O3S/c1-15-2-8-18(9-3-15)33(30,31)14-29-20(25-26-27-29)19(28-10-12-32-13-11-28)16-4-6-17(7-5-16)21(22,23)24/h2-9,19H,10-14H2,1H3/t19-/m0/s1. The fraction of sp³-hybridized carbons (Fsp3) is 0.381. The van der Waals surface area contributed by atoms with Crippen molar-refractivity contribution in [2.24, 2.45) is 0 Å². The van der Waals surface area contributed by atoms with Gasteiger partial charge in [0.1, 0.15) is 0 Å². The van der Waals surface area contributed by atoms with E-state index in [2.05, 4.69) is 15.5 Å². The molecule has 0 radical (unpaired) electrons. The summed E-state index contributed by atoms with van der Waals surface area (Å²) in [5.74, 6) is -0.271. The largest absolute Gasteiger partial charge is 0.416 e. The van der Waals surface area contributed by atoms with Crippen molar-refractivity contribution >= 4 is 9.84 Å². The van der Waals surface area contributed by atoms with Gasteiger partial charge in [0.2, 0.25) is 0 Å². The molecule has 0 amide bonds. The van der Waals surface area contributed by atoms with Gasteiger partial charge in [0, 0.05) is 13.1 Å². The molecular formula is C21H22F3N5O3S. The Labute approximate surface area is 188 Å². The Balaban J connectivity index is 1.70. The number of aryl methyl sites for hydroxylation is 1. The minimum absolute atomic E-state index is 0.131. The number of tetrazole rings is 1. The van der Waals surface area contributed by atoms with Crippen LogP contribution >= 0.6 is 0 Å². The monoisotopic (exact) mass is 481 g/mol. The molecule has 0 bridgehead atoms. The predicted molar refractivity (Wildman–Crippen MR) is 112 cm³/mol. The molecule has 0 aliphatic carbocycles. The molecule has 2 aromatic carbocycles. The minimum Gasteiger partial charge on any atom is -0.379 e. The van der Waals surface area contributed by atoms with Crippen molar-refractivity contribution in [1.29, 1.82) is 0 Å². The van der Waals surface area contributed by atoms with Gasteiger partial charge in [0.15, 0.2) is 21.5 Å². The zero-order valence-electron chi connectivity index (χ0n) is 17.7. The number of rotatable bonds is 6. The molecule has 1 aromatic heterocycles. The lowest BCUT2D eigenvalue weighted by Crippen LogP contribution is -2.40. The van der Waals surface area contributed by atoms with Crippen LogP contribution in [0, 0.1) is 6.92 Å². The first kappa shape index (κ1) is 23.3. The molecule has 1 saturated heterocycles. The number of alkyl halides is 3. The van der Waals surface area contributed by atoms with Crippen molar-refractivity contribution in [3.63, 3.8) is 0 Å². The summed E-state index contributed by atoms with van der Waals surface area (Å²) >= 11 is 0. The topological polar surface area (TPSA) is 90.2 Å². The van der Waals surface area contributed by atoms with E-state index in [9.17, 15) is 21.6 Å². The van der Waals surface area contributed by atoms with E-state index in [1.807, 2.05) is 11.8 Å². The van der Waals surface area contributed by atoms with E-state index in [-0.39, 0.29) is 10.7 Å². The highest BCUT2D eigenvalue weighted by molar-refractivity contribution is 7.90. The van der Waals surface area contributed by atoms with Gasteiger partial charge in [-0.05, 0) is 47.2 Å². The second kappa shape index (κ2) is 9.20. The summed E-state index contributed by atoms with van der Waals surface area (Å²) in [6, 6.07) is 10.5. The fourth-order valence-corrected chi connectivity index (χ4v) is 4.90. The fourth-order valence-electron chi connectivity index (χ4n) is 3.69. The highest BCUT2D eigenvalue weighted by Crippen LogP contribution is 2.33. The molecule has 0 unspecified atom stereocenters. The van der Waals surface area contributed by atoms with Crippen LogP contribution in [-0.4, -0.2) is 59.8 Å².